The molecule has 0 aliphatic carbocycles. The highest BCUT2D eigenvalue weighted by Crippen LogP contribution is 2.28. The van der Waals surface area contributed by atoms with Crippen molar-refractivity contribution in [3.05, 3.63) is 88.0 Å². The van der Waals surface area contributed by atoms with E-state index in [1.807, 2.05) is 24.3 Å². The van der Waals surface area contributed by atoms with Crippen LogP contribution in [-0.4, -0.2) is 11.5 Å². The van der Waals surface area contributed by atoms with E-state index in [9.17, 15) is 10.1 Å². The summed E-state index contributed by atoms with van der Waals surface area (Å²) in [4.78, 5) is 10.4. The van der Waals surface area contributed by atoms with Crippen LogP contribution in [0.1, 0.15) is 17.0 Å². The Morgan fingerprint density at radius 2 is 1.65 bits per heavy atom. The normalized spacial score (nSPS) is 12.2. The van der Waals surface area contributed by atoms with Gasteiger partial charge in [0.05, 0.1) is 4.92 Å². The molecule has 0 aliphatic rings. The van der Waals surface area contributed by atoms with E-state index < -0.39 is 0 Å². The third-order valence-electron chi connectivity index (χ3n) is 4.18. The second-order valence-corrected chi connectivity index (χ2v) is 5.63. The minimum absolute atomic E-state index is 0.114. The van der Waals surface area contributed by atoms with Crippen molar-refractivity contribution in [3.8, 4) is 0 Å². The first kappa shape index (κ1) is 15.2. The van der Waals surface area contributed by atoms with Crippen LogP contribution in [0.4, 0.5) is 5.69 Å². The first-order chi connectivity index (χ1) is 11.2. The Hall–Kier alpha value is -2.72. The summed E-state index contributed by atoms with van der Waals surface area (Å²) in [5, 5.41) is 13.2. The molecule has 0 aromatic heterocycles. The molecule has 3 rings (SSSR count). The third-order valence-corrected chi connectivity index (χ3v) is 4.18. The first-order valence-corrected chi connectivity index (χ1v) is 7.60. The quantitative estimate of drug-likeness (QED) is 0.571. The minimum atomic E-state index is -0.380. The lowest BCUT2D eigenvalue weighted by Gasteiger charge is -2.17. The van der Waals surface area contributed by atoms with Crippen LogP contribution >= 0.6 is 0 Å². The van der Waals surface area contributed by atoms with Crippen LogP contribution in [0.15, 0.2) is 66.7 Å². The van der Waals surface area contributed by atoms with Gasteiger partial charge in [0, 0.05) is 18.1 Å². The molecule has 0 bridgehead atoms. The fourth-order valence-corrected chi connectivity index (χ4v) is 2.96. The van der Waals surface area contributed by atoms with E-state index >= 15 is 0 Å². The molecule has 0 saturated carbocycles. The zero-order chi connectivity index (χ0) is 16.2. The maximum atomic E-state index is 10.7. The summed E-state index contributed by atoms with van der Waals surface area (Å²) < 4.78 is 0. The van der Waals surface area contributed by atoms with E-state index in [-0.39, 0.29) is 16.5 Å². The Morgan fingerprint density at radius 1 is 0.957 bits per heavy atom. The highest BCUT2D eigenvalue weighted by atomic mass is 16.6. The molecule has 0 heterocycles. The van der Waals surface area contributed by atoms with Crippen LogP contribution < -0.4 is 5.73 Å². The van der Waals surface area contributed by atoms with Crippen molar-refractivity contribution in [2.24, 2.45) is 5.73 Å². The van der Waals surface area contributed by atoms with Crippen molar-refractivity contribution < 1.29 is 4.92 Å². The predicted octanol–water partition coefficient (Wildman–Crippen LogP) is 4.03. The van der Waals surface area contributed by atoms with Crippen LogP contribution in [0, 0.1) is 10.1 Å². The van der Waals surface area contributed by atoms with Gasteiger partial charge in [-0.2, -0.15) is 0 Å². The van der Waals surface area contributed by atoms with E-state index in [0.29, 0.717) is 6.54 Å². The number of non-ortho nitro benzene ring substituents is 1. The first-order valence-electron chi connectivity index (χ1n) is 7.60. The Morgan fingerprint density at radius 3 is 2.35 bits per heavy atom. The molecule has 1 atom stereocenters. The van der Waals surface area contributed by atoms with Gasteiger partial charge in [-0.1, -0.05) is 54.6 Å². The van der Waals surface area contributed by atoms with E-state index in [0.717, 1.165) is 12.0 Å². The van der Waals surface area contributed by atoms with Gasteiger partial charge >= 0.3 is 0 Å². The third kappa shape index (κ3) is 3.22. The number of benzene rings is 3. The molecule has 116 valence electrons. The van der Waals surface area contributed by atoms with E-state index in [1.165, 1.54) is 16.3 Å². The highest BCUT2D eigenvalue weighted by Gasteiger charge is 2.14. The van der Waals surface area contributed by atoms with Gasteiger partial charge in [0.2, 0.25) is 0 Å². The number of nitrogens with zero attached hydrogens (tertiary/aromatic N) is 1. The number of hydrogen-bond donors (Lipinski definition) is 1. The molecule has 0 fully saturated rings. The summed E-state index contributed by atoms with van der Waals surface area (Å²) in [7, 11) is 0. The lowest BCUT2D eigenvalue weighted by Crippen LogP contribution is -2.15. The largest absolute Gasteiger partial charge is 0.330 e. The van der Waals surface area contributed by atoms with Crippen LogP contribution in [0.5, 0.6) is 0 Å². The number of hydrogen-bond acceptors (Lipinski definition) is 3. The van der Waals surface area contributed by atoms with Gasteiger partial charge in [0.15, 0.2) is 0 Å². The van der Waals surface area contributed by atoms with Gasteiger partial charge in [0.25, 0.3) is 5.69 Å². The molecule has 3 aromatic rings. The minimum Gasteiger partial charge on any atom is -0.330 e. The summed E-state index contributed by atoms with van der Waals surface area (Å²) in [5.74, 6) is 0.183. The molecule has 0 aliphatic heterocycles. The Bertz CT molecular complexity index is 823. The monoisotopic (exact) mass is 306 g/mol. The molecule has 0 radical (unpaired) electrons. The number of nitrogens with two attached hydrogens (primary N) is 1. The van der Waals surface area contributed by atoms with Crippen molar-refractivity contribution in [2.45, 2.75) is 12.3 Å². The maximum absolute atomic E-state index is 10.7. The number of fused-ring (bicyclic) bond motifs is 1. The number of nitro groups is 1. The van der Waals surface area contributed by atoms with Crippen molar-refractivity contribution in [3.63, 3.8) is 0 Å². The van der Waals surface area contributed by atoms with Gasteiger partial charge < -0.3 is 5.73 Å². The molecule has 0 amide bonds. The van der Waals surface area contributed by atoms with Gasteiger partial charge in [-0.15, -0.1) is 0 Å². The molecule has 1 unspecified atom stereocenters. The van der Waals surface area contributed by atoms with Crippen LogP contribution in [0.2, 0.25) is 0 Å². The van der Waals surface area contributed by atoms with Crippen LogP contribution in [-0.2, 0) is 6.42 Å². The van der Waals surface area contributed by atoms with E-state index in [2.05, 4.69) is 30.3 Å². The molecule has 4 heteroatoms. The summed E-state index contributed by atoms with van der Waals surface area (Å²) >= 11 is 0. The standard InChI is InChI=1S/C19H18N2O2/c20-13-16(12-14-8-10-17(11-9-14)21(22)23)19-7-3-5-15-4-1-2-6-18(15)19/h1-11,16H,12-13,20H2. The van der Waals surface area contributed by atoms with Crippen molar-refractivity contribution in [2.75, 3.05) is 6.54 Å². The summed E-state index contributed by atoms with van der Waals surface area (Å²) in [5.41, 5.74) is 8.41. The Balaban J connectivity index is 1.91. The fourth-order valence-electron chi connectivity index (χ4n) is 2.96. The predicted molar refractivity (Wildman–Crippen MR) is 92.5 cm³/mol. The van der Waals surface area contributed by atoms with Crippen molar-refractivity contribution in [1.82, 2.24) is 0 Å². The Labute approximate surface area is 134 Å². The molecule has 2 N–H and O–H groups in total. The molecule has 3 aromatic carbocycles. The molecule has 0 spiro atoms. The maximum Gasteiger partial charge on any atom is 0.269 e. The average Bonchev–Trinajstić information content (AvgIpc) is 2.59. The van der Waals surface area contributed by atoms with Gasteiger partial charge in [-0.05, 0) is 34.9 Å². The van der Waals surface area contributed by atoms with E-state index in [1.54, 1.807) is 12.1 Å². The van der Waals surface area contributed by atoms with Crippen LogP contribution in [0.25, 0.3) is 10.8 Å². The van der Waals surface area contributed by atoms with Crippen molar-refractivity contribution >= 4 is 16.5 Å². The van der Waals surface area contributed by atoms with Gasteiger partial charge in [0.1, 0.15) is 0 Å². The van der Waals surface area contributed by atoms with Crippen LogP contribution in [0.3, 0.4) is 0 Å². The van der Waals surface area contributed by atoms with Crippen molar-refractivity contribution in [1.29, 1.82) is 0 Å². The zero-order valence-corrected chi connectivity index (χ0v) is 12.7. The lowest BCUT2D eigenvalue weighted by molar-refractivity contribution is -0.384. The van der Waals surface area contributed by atoms with Gasteiger partial charge in [-0.3, -0.25) is 10.1 Å². The van der Waals surface area contributed by atoms with Gasteiger partial charge in [-0.25, -0.2) is 0 Å². The molecule has 23 heavy (non-hydrogen) atoms. The summed E-state index contributed by atoms with van der Waals surface area (Å²) in [6, 6.07) is 21.3. The SMILES string of the molecule is NCC(Cc1ccc([N+](=O)[O-])cc1)c1cccc2ccccc12. The number of nitro benzene ring substituents is 1. The smallest absolute Gasteiger partial charge is 0.269 e. The highest BCUT2D eigenvalue weighted by molar-refractivity contribution is 5.86. The Kier molecular flexibility index (Phi) is 4.35. The summed E-state index contributed by atoms with van der Waals surface area (Å²) in [6.07, 6.45) is 0.766. The second kappa shape index (κ2) is 6.58. The second-order valence-electron chi connectivity index (χ2n) is 5.63. The molecule has 4 nitrogen and oxygen atoms in total. The molecular weight excluding hydrogens is 288 g/mol. The zero-order valence-electron chi connectivity index (χ0n) is 12.7. The number of rotatable bonds is 5. The lowest BCUT2D eigenvalue weighted by atomic mass is 9.88. The summed E-state index contributed by atoms with van der Waals surface area (Å²) in [6.45, 7) is 0.533. The molecular formula is C19H18N2O2. The molecule has 0 saturated heterocycles. The van der Waals surface area contributed by atoms with E-state index in [4.69, 9.17) is 5.73 Å². The average molecular weight is 306 g/mol. The topological polar surface area (TPSA) is 69.2 Å². The fraction of sp³-hybridized carbons (Fsp3) is 0.158.